The molecule has 0 bridgehead atoms. The van der Waals surface area contributed by atoms with Gasteiger partial charge in [-0.05, 0) is 61.7 Å². The maximum absolute atomic E-state index is 12.4. The summed E-state index contributed by atoms with van der Waals surface area (Å²) in [7, 11) is 0. The van der Waals surface area contributed by atoms with E-state index >= 15 is 0 Å². The summed E-state index contributed by atoms with van der Waals surface area (Å²) >= 11 is 6.18. The van der Waals surface area contributed by atoms with E-state index in [-0.39, 0.29) is 18.1 Å². The van der Waals surface area contributed by atoms with E-state index < -0.39 is 11.8 Å². The summed E-state index contributed by atoms with van der Waals surface area (Å²) in [6, 6.07) is 10.3. The van der Waals surface area contributed by atoms with E-state index in [4.69, 9.17) is 16.3 Å². The lowest BCUT2D eigenvalue weighted by Gasteiger charge is -2.18. The predicted molar refractivity (Wildman–Crippen MR) is 110 cm³/mol. The number of aryl methyl sites for hydroxylation is 2. The summed E-state index contributed by atoms with van der Waals surface area (Å²) in [5.74, 6) is -0.460. The molecule has 0 aromatic heterocycles. The Labute approximate surface area is 173 Å². The van der Waals surface area contributed by atoms with Crippen molar-refractivity contribution in [2.24, 2.45) is 0 Å². The Kier molecular flexibility index (Phi) is 6.39. The largest absolute Gasteiger partial charge is 0.484 e. The number of carbonyl (C=O) groups is 3. The number of hydrazine groups is 1. The first-order chi connectivity index (χ1) is 13.8. The van der Waals surface area contributed by atoms with Gasteiger partial charge in [-0.15, -0.1) is 0 Å². The average molecular weight is 416 g/mol. The molecule has 29 heavy (non-hydrogen) atoms. The van der Waals surface area contributed by atoms with Crippen LogP contribution in [0, 0.1) is 13.8 Å². The summed E-state index contributed by atoms with van der Waals surface area (Å²) < 4.78 is 5.46. The van der Waals surface area contributed by atoms with Crippen LogP contribution in [0.2, 0.25) is 5.02 Å². The maximum atomic E-state index is 12.4. The quantitative estimate of drug-likeness (QED) is 0.735. The van der Waals surface area contributed by atoms with Gasteiger partial charge in [0.15, 0.2) is 6.61 Å². The first kappa shape index (κ1) is 20.7. The van der Waals surface area contributed by atoms with E-state index in [1.54, 1.807) is 17.0 Å². The minimum atomic E-state index is -0.519. The van der Waals surface area contributed by atoms with Crippen LogP contribution in [0.25, 0.3) is 0 Å². The fourth-order valence-corrected chi connectivity index (χ4v) is 3.38. The van der Waals surface area contributed by atoms with Crippen LogP contribution < -0.4 is 20.5 Å². The Hall–Kier alpha value is -3.06. The van der Waals surface area contributed by atoms with Crippen molar-refractivity contribution in [2.75, 3.05) is 18.1 Å². The zero-order valence-corrected chi connectivity index (χ0v) is 17.0. The van der Waals surface area contributed by atoms with Crippen LogP contribution in [-0.2, 0) is 9.59 Å². The lowest BCUT2D eigenvalue weighted by Crippen LogP contribution is -2.43. The maximum Gasteiger partial charge on any atom is 0.276 e. The number of halogens is 1. The first-order valence-corrected chi connectivity index (χ1v) is 9.61. The molecule has 1 heterocycles. The third kappa shape index (κ3) is 5.26. The number of benzene rings is 2. The molecule has 7 nitrogen and oxygen atoms in total. The fraction of sp³-hybridized carbons (Fsp3) is 0.286. The average Bonchev–Trinajstić information content (AvgIpc) is 3.10. The highest BCUT2D eigenvalue weighted by atomic mass is 35.5. The Morgan fingerprint density at radius 1 is 1.10 bits per heavy atom. The van der Waals surface area contributed by atoms with Crippen molar-refractivity contribution in [2.45, 2.75) is 26.7 Å². The predicted octanol–water partition coefficient (Wildman–Crippen LogP) is 2.92. The lowest BCUT2D eigenvalue weighted by atomic mass is 10.1. The van der Waals surface area contributed by atoms with Crippen LogP contribution in [0.3, 0.4) is 0 Å². The number of nitrogens with one attached hydrogen (secondary N) is 2. The summed E-state index contributed by atoms with van der Waals surface area (Å²) in [5, 5.41) is 0.391. The highest BCUT2D eigenvalue weighted by Crippen LogP contribution is 2.30. The number of carbonyl (C=O) groups excluding carboxylic acids is 3. The summed E-state index contributed by atoms with van der Waals surface area (Å²) in [6.07, 6.45) is 1.21. The Morgan fingerprint density at radius 3 is 2.48 bits per heavy atom. The van der Waals surface area contributed by atoms with Gasteiger partial charge in [0.05, 0.1) is 10.7 Å². The molecule has 8 heteroatoms. The molecule has 0 aliphatic carbocycles. The van der Waals surface area contributed by atoms with Crippen molar-refractivity contribution in [3.8, 4) is 5.75 Å². The van der Waals surface area contributed by atoms with Gasteiger partial charge < -0.3 is 9.64 Å². The highest BCUT2D eigenvalue weighted by molar-refractivity contribution is 6.34. The minimum absolute atomic E-state index is 0.0266. The van der Waals surface area contributed by atoms with Gasteiger partial charge in [0, 0.05) is 18.5 Å². The summed E-state index contributed by atoms with van der Waals surface area (Å²) in [5.41, 5.74) is 7.49. The molecule has 0 unspecified atom stereocenters. The number of hydrogen-bond donors (Lipinski definition) is 2. The van der Waals surface area contributed by atoms with Crippen molar-refractivity contribution in [3.05, 3.63) is 58.1 Å². The van der Waals surface area contributed by atoms with Crippen LogP contribution in [-0.4, -0.2) is 30.9 Å². The van der Waals surface area contributed by atoms with Crippen molar-refractivity contribution in [3.63, 3.8) is 0 Å². The molecule has 2 aromatic carbocycles. The standard InChI is InChI=1S/C21H22ClN3O4/c1-13-8-14(2)10-16(9-13)29-12-19(26)23-24-21(28)15-5-6-17(22)18(11-15)25-7-3-4-20(25)27/h5-6,8-11H,3-4,7,12H2,1-2H3,(H,23,26)(H,24,28). The Balaban J connectivity index is 1.56. The van der Waals surface area contributed by atoms with E-state index in [9.17, 15) is 14.4 Å². The monoisotopic (exact) mass is 415 g/mol. The third-order valence-electron chi connectivity index (χ3n) is 4.45. The Bertz CT molecular complexity index is 941. The van der Waals surface area contributed by atoms with E-state index in [1.165, 1.54) is 6.07 Å². The van der Waals surface area contributed by atoms with Crippen LogP contribution in [0.15, 0.2) is 36.4 Å². The second-order valence-corrected chi connectivity index (χ2v) is 7.34. The van der Waals surface area contributed by atoms with E-state index in [0.717, 1.165) is 17.5 Å². The van der Waals surface area contributed by atoms with E-state index in [0.29, 0.717) is 29.4 Å². The fourth-order valence-electron chi connectivity index (χ4n) is 3.16. The second-order valence-electron chi connectivity index (χ2n) is 6.93. The van der Waals surface area contributed by atoms with Crippen molar-refractivity contribution >= 4 is 35.0 Å². The molecule has 3 amide bonds. The smallest absolute Gasteiger partial charge is 0.276 e. The van der Waals surface area contributed by atoms with Gasteiger partial charge in [-0.25, -0.2) is 0 Å². The zero-order valence-electron chi connectivity index (χ0n) is 16.3. The molecule has 0 radical (unpaired) electrons. The number of ether oxygens (including phenoxy) is 1. The van der Waals surface area contributed by atoms with Gasteiger partial charge in [-0.2, -0.15) is 0 Å². The van der Waals surface area contributed by atoms with Crippen LogP contribution >= 0.6 is 11.6 Å². The topological polar surface area (TPSA) is 87.7 Å². The number of rotatable bonds is 5. The number of anilines is 1. The molecule has 1 fully saturated rings. The second kappa shape index (κ2) is 8.96. The van der Waals surface area contributed by atoms with E-state index in [2.05, 4.69) is 10.9 Å². The van der Waals surface area contributed by atoms with Crippen LogP contribution in [0.4, 0.5) is 5.69 Å². The van der Waals surface area contributed by atoms with Crippen molar-refractivity contribution in [1.29, 1.82) is 0 Å². The lowest BCUT2D eigenvalue weighted by molar-refractivity contribution is -0.123. The summed E-state index contributed by atoms with van der Waals surface area (Å²) in [6.45, 7) is 4.21. The minimum Gasteiger partial charge on any atom is -0.484 e. The molecule has 152 valence electrons. The first-order valence-electron chi connectivity index (χ1n) is 9.23. The SMILES string of the molecule is Cc1cc(C)cc(OCC(=O)NNC(=O)c2ccc(Cl)c(N3CCCC3=O)c2)c1. The normalized spacial score (nSPS) is 13.3. The molecule has 2 aromatic rings. The van der Waals surface area contributed by atoms with Gasteiger partial charge in [0.2, 0.25) is 5.91 Å². The van der Waals surface area contributed by atoms with Gasteiger partial charge in [0.25, 0.3) is 11.8 Å². The third-order valence-corrected chi connectivity index (χ3v) is 4.77. The van der Waals surface area contributed by atoms with Gasteiger partial charge in [-0.1, -0.05) is 17.7 Å². The van der Waals surface area contributed by atoms with Crippen LogP contribution in [0.1, 0.15) is 34.3 Å². The molecule has 0 spiro atoms. The van der Waals surface area contributed by atoms with Crippen molar-refractivity contribution < 1.29 is 19.1 Å². The molecule has 0 atom stereocenters. The molecule has 0 saturated carbocycles. The molecule has 2 N–H and O–H groups in total. The molecule has 3 rings (SSSR count). The highest BCUT2D eigenvalue weighted by Gasteiger charge is 2.24. The number of amides is 3. The number of nitrogens with zero attached hydrogens (tertiary/aromatic N) is 1. The molecular weight excluding hydrogens is 394 g/mol. The van der Waals surface area contributed by atoms with Gasteiger partial charge in [0.1, 0.15) is 5.75 Å². The molecule has 1 aliphatic heterocycles. The molecule has 1 aliphatic rings. The van der Waals surface area contributed by atoms with Crippen LogP contribution in [0.5, 0.6) is 5.75 Å². The van der Waals surface area contributed by atoms with Crippen molar-refractivity contribution in [1.82, 2.24) is 10.9 Å². The summed E-state index contributed by atoms with van der Waals surface area (Å²) in [4.78, 5) is 37.8. The van der Waals surface area contributed by atoms with Gasteiger partial charge in [-0.3, -0.25) is 25.2 Å². The zero-order chi connectivity index (χ0) is 21.0. The van der Waals surface area contributed by atoms with Gasteiger partial charge >= 0.3 is 0 Å². The number of hydrogen-bond acceptors (Lipinski definition) is 4. The Morgan fingerprint density at radius 2 is 1.83 bits per heavy atom. The molecular formula is C21H22ClN3O4. The van der Waals surface area contributed by atoms with E-state index in [1.807, 2.05) is 32.0 Å². The molecule has 1 saturated heterocycles.